The van der Waals surface area contributed by atoms with Crippen LogP contribution >= 0.6 is 0 Å². The lowest BCUT2D eigenvalue weighted by Gasteiger charge is -2.27. The Labute approximate surface area is 164 Å². The lowest BCUT2D eigenvalue weighted by atomic mass is 9.79. The number of carbonyl (C=O) groups excluding carboxylic acids is 2. The van der Waals surface area contributed by atoms with Gasteiger partial charge in [0, 0.05) is 12.6 Å². The van der Waals surface area contributed by atoms with E-state index in [1.165, 1.54) is 0 Å². The molecule has 1 aliphatic rings. The minimum Gasteiger partial charge on any atom is -0.460 e. The predicted molar refractivity (Wildman–Crippen MR) is 102 cm³/mol. The monoisotopic (exact) mass is 388 g/mol. The van der Waals surface area contributed by atoms with Gasteiger partial charge in [-0.15, -0.1) is 5.10 Å². The molecule has 0 amide bonds. The zero-order valence-electron chi connectivity index (χ0n) is 16.8. The summed E-state index contributed by atoms with van der Waals surface area (Å²) in [4.78, 5) is 35.1. The molecule has 1 aliphatic carbocycles. The van der Waals surface area contributed by atoms with E-state index in [0.29, 0.717) is 23.5 Å². The molecule has 152 valence electrons. The molecule has 0 N–H and O–H groups in total. The van der Waals surface area contributed by atoms with Crippen molar-refractivity contribution in [2.45, 2.75) is 71.3 Å². The number of carbonyl (C=O) groups is 2. The summed E-state index contributed by atoms with van der Waals surface area (Å²) in [6, 6.07) is 3.52. The highest BCUT2D eigenvalue weighted by Gasteiger charge is 2.29. The first-order valence-electron chi connectivity index (χ1n) is 9.92. The number of hydrogen-bond donors (Lipinski definition) is 0. The molecule has 1 saturated carbocycles. The number of aromatic nitrogens is 4. The van der Waals surface area contributed by atoms with E-state index in [9.17, 15) is 9.59 Å². The number of rotatable bonds is 6. The standard InChI is InChI=1S/C20H28N4O4/c1-20(2,3)27-17(25)11-5-8-14-7-4-9-15(13-14)19(26)28-24-18-16(22-23-24)10-6-12-21-18/h6,10,12,14-15H,4-5,7-9,11,13H2,1-3H3. The molecule has 2 unspecified atom stereocenters. The smallest absolute Gasteiger partial charge is 0.338 e. The van der Waals surface area contributed by atoms with Crippen molar-refractivity contribution in [1.82, 2.24) is 20.1 Å². The maximum atomic E-state index is 12.6. The summed E-state index contributed by atoms with van der Waals surface area (Å²) in [6.07, 6.45) is 7.35. The van der Waals surface area contributed by atoms with Gasteiger partial charge in [0.05, 0.1) is 5.92 Å². The maximum Gasteiger partial charge on any atom is 0.338 e. The predicted octanol–water partition coefficient (Wildman–Crippen LogP) is 3.10. The zero-order valence-corrected chi connectivity index (χ0v) is 16.8. The molecule has 28 heavy (non-hydrogen) atoms. The molecule has 2 heterocycles. The molecular formula is C20H28N4O4. The van der Waals surface area contributed by atoms with E-state index in [0.717, 1.165) is 43.4 Å². The van der Waals surface area contributed by atoms with Crippen molar-refractivity contribution >= 4 is 23.1 Å². The first-order chi connectivity index (χ1) is 13.3. The highest BCUT2D eigenvalue weighted by Crippen LogP contribution is 2.32. The average Bonchev–Trinajstić information content (AvgIpc) is 3.03. The van der Waals surface area contributed by atoms with Crippen molar-refractivity contribution in [1.29, 1.82) is 0 Å². The fraction of sp³-hybridized carbons (Fsp3) is 0.650. The largest absolute Gasteiger partial charge is 0.460 e. The van der Waals surface area contributed by atoms with Crippen LogP contribution in [0.15, 0.2) is 18.3 Å². The second kappa shape index (κ2) is 8.67. The van der Waals surface area contributed by atoms with Crippen molar-refractivity contribution in [2.75, 3.05) is 0 Å². The molecule has 0 spiro atoms. The lowest BCUT2D eigenvalue weighted by Crippen LogP contribution is -2.31. The molecule has 3 rings (SSSR count). The zero-order chi connectivity index (χ0) is 20.1. The summed E-state index contributed by atoms with van der Waals surface area (Å²) in [5.74, 6) is -0.207. The second-order valence-electron chi connectivity index (χ2n) is 8.43. The molecule has 8 nitrogen and oxygen atoms in total. The van der Waals surface area contributed by atoms with Gasteiger partial charge in [-0.25, -0.2) is 9.78 Å². The molecule has 0 saturated heterocycles. The number of hydrogen-bond acceptors (Lipinski definition) is 7. The fourth-order valence-electron chi connectivity index (χ4n) is 3.66. The number of esters is 1. The van der Waals surface area contributed by atoms with Gasteiger partial charge in [0.1, 0.15) is 11.1 Å². The van der Waals surface area contributed by atoms with Crippen LogP contribution in [-0.2, 0) is 14.3 Å². The van der Waals surface area contributed by atoms with Crippen LogP contribution in [0.3, 0.4) is 0 Å². The molecule has 2 aromatic heterocycles. The quantitative estimate of drug-likeness (QED) is 0.554. The van der Waals surface area contributed by atoms with Crippen LogP contribution in [0.5, 0.6) is 0 Å². The minimum absolute atomic E-state index is 0.162. The summed E-state index contributed by atoms with van der Waals surface area (Å²) in [6.45, 7) is 5.61. The van der Waals surface area contributed by atoms with Crippen molar-refractivity contribution in [3.8, 4) is 0 Å². The molecule has 0 radical (unpaired) electrons. The topological polar surface area (TPSA) is 96.2 Å². The molecule has 0 aromatic carbocycles. The van der Waals surface area contributed by atoms with E-state index in [1.807, 2.05) is 20.8 Å². The maximum absolute atomic E-state index is 12.6. The molecule has 2 aromatic rings. The summed E-state index contributed by atoms with van der Waals surface area (Å²) < 4.78 is 5.35. The van der Waals surface area contributed by atoms with Crippen LogP contribution < -0.4 is 4.84 Å². The van der Waals surface area contributed by atoms with Crippen molar-refractivity contribution in [2.24, 2.45) is 11.8 Å². The van der Waals surface area contributed by atoms with Crippen LogP contribution in [0, 0.1) is 11.8 Å². The van der Waals surface area contributed by atoms with Gasteiger partial charge >= 0.3 is 11.9 Å². The van der Waals surface area contributed by atoms with Crippen molar-refractivity contribution in [3.63, 3.8) is 0 Å². The lowest BCUT2D eigenvalue weighted by molar-refractivity contribution is -0.155. The van der Waals surface area contributed by atoms with Crippen LogP contribution in [0.2, 0.25) is 0 Å². The van der Waals surface area contributed by atoms with Crippen LogP contribution in [0.1, 0.15) is 65.7 Å². The Balaban J connectivity index is 1.47. The van der Waals surface area contributed by atoms with Gasteiger partial charge in [0.2, 0.25) is 5.65 Å². The third-order valence-electron chi connectivity index (χ3n) is 4.89. The molecular weight excluding hydrogens is 360 g/mol. The van der Waals surface area contributed by atoms with Crippen molar-refractivity contribution < 1.29 is 19.2 Å². The Bertz CT molecular complexity index is 827. The molecule has 0 aliphatic heterocycles. The Morgan fingerprint density at radius 3 is 2.89 bits per heavy atom. The summed E-state index contributed by atoms with van der Waals surface area (Å²) >= 11 is 0. The molecule has 1 fully saturated rings. The van der Waals surface area contributed by atoms with E-state index in [2.05, 4.69) is 15.3 Å². The third-order valence-corrected chi connectivity index (χ3v) is 4.89. The minimum atomic E-state index is -0.447. The number of pyridine rings is 1. The number of nitrogens with zero attached hydrogens (tertiary/aromatic N) is 4. The SMILES string of the molecule is CC(C)(C)OC(=O)CCCC1CCCC(C(=O)On2nnc3cccnc32)C1. The van der Waals surface area contributed by atoms with Gasteiger partial charge in [-0.3, -0.25) is 4.79 Å². The number of fused-ring (bicyclic) bond motifs is 1. The average molecular weight is 388 g/mol. The van der Waals surface area contributed by atoms with E-state index < -0.39 is 5.60 Å². The van der Waals surface area contributed by atoms with Gasteiger partial charge in [-0.1, -0.05) is 12.8 Å². The number of ether oxygens (including phenoxy) is 1. The summed E-state index contributed by atoms with van der Waals surface area (Å²) in [5.41, 5.74) is 0.566. The van der Waals surface area contributed by atoms with Gasteiger partial charge in [0.25, 0.3) is 0 Å². The van der Waals surface area contributed by atoms with Crippen LogP contribution in [-0.4, -0.2) is 37.7 Å². The van der Waals surface area contributed by atoms with Crippen LogP contribution in [0.25, 0.3) is 11.2 Å². The fourth-order valence-corrected chi connectivity index (χ4v) is 3.66. The second-order valence-corrected chi connectivity index (χ2v) is 8.43. The van der Waals surface area contributed by atoms with E-state index >= 15 is 0 Å². The normalized spacial score (nSPS) is 20.1. The molecule has 8 heteroatoms. The highest BCUT2D eigenvalue weighted by molar-refractivity contribution is 5.74. The highest BCUT2D eigenvalue weighted by atomic mass is 16.7. The summed E-state index contributed by atoms with van der Waals surface area (Å²) in [7, 11) is 0. The van der Waals surface area contributed by atoms with E-state index in [4.69, 9.17) is 9.57 Å². The van der Waals surface area contributed by atoms with Gasteiger partial charge in [-0.2, -0.15) is 0 Å². The molecule has 2 atom stereocenters. The van der Waals surface area contributed by atoms with Gasteiger partial charge < -0.3 is 9.57 Å². The summed E-state index contributed by atoms with van der Waals surface area (Å²) in [5, 5.41) is 7.80. The molecule has 0 bridgehead atoms. The Morgan fingerprint density at radius 1 is 1.29 bits per heavy atom. The first-order valence-corrected chi connectivity index (χ1v) is 9.92. The van der Waals surface area contributed by atoms with Crippen molar-refractivity contribution in [3.05, 3.63) is 18.3 Å². The van der Waals surface area contributed by atoms with Gasteiger partial charge in [0.15, 0.2) is 0 Å². The Kier molecular flexibility index (Phi) is 6.26. The van der Waals surface area contributed by atoms with E-state index in [-0.39, 0.29) is 17.9 Å². The third kappa shape index (κ3) is 5.50. The Hall–Kier alpha value is -2.51. The van der Waals surface area contributed by atoms with E-state index in [1.54, 1.807) is 18.3 Å². The Morgan fingerprint density at radius 2 is 2.11 bits per heavy atom. The van der Waals surface area contributed by atoms with Gasteiger partial charge in [-0.05, 0) is 74.6 Å². The first kappa shape index (κ1) is 20.2. The van der Waals surface area contributed by atoms with Crippen LogP contribution in [0.4, 0.5) is 0 Å².